The molecule has 2 aromatic carbocycles. The number of nitrogens with zero attached hydrogens (tertiary/aromatic N) is 3. The summed E-state index contributed by atoms with van der Waals surface area (Å²) in [4.78, 5) is 7.41. The van der Waals surface area contributed by atoms with E-state index in [1.54, 1.807) is 26.0 Å². The molecule has 2 heterocycles. The number of hydrogen-bond acceptors (Lipinski definition) is 4. The smallest absolute Gasteiger partial charge is 0.180 e. The van der Waals surface area contributed by atoms with Gasteiger partial charge in [0.15, 0.2) is 9.84 Å². The normalized spacial score (nSPS) is 11.9. The number of hydrogen-bond donors (Lipinski definition) is 0. The first kappa shape index (κ1) is 23.1. The number of anilines is 1. The van der Waals surface area contributed by atoms with Gasteiger partial charge in [0.25, 0.3) is 0 Å². The fourth-order valence-electron chi connectivity index (χ4n) is 4.07. The largest absolute Gasteiger partial charge is 0.372 e. The number of pyridine rings is 1. The monoisotopic (exact) mass is 461 g/mol. The lowest BCUT2D eigenvalue weighted by Crippen LogP contribution is -2.21. The summed E-state index contributed by atoms with van der Waals surface area (Å²) in [5.41, 5.74) is 5.34. The third kappa shape index (κ3) is 4.67. The van der Waals surface area contributed by atoms with E-state index in [4.69, 9.17) is 4.98 Å². The fraction of sp³-hybridized carbons (Fsp3) is 0.296. The maximum atomic E-state index is 12.4. The summed E-state index contributed by atoms with van der Waals surface area (Å²) >= 11 is 0. The Morgan fingerprint density at radius 2 is 1.58 bits per heavy atom. The van der Waals surface area contributed by atoms with Crippen molar-refractivity contribution in [1.29, 1.82) is 0 Å². The lowest BCUT2D eigenvalue weighted by molar-refractivity contribution is 0.587. The van der Waals surface area contributed by atoms with Crippen LogP contribution in [0.25, 0.3) is 22.2 Å². The summed E-state index contributed by atoms with van der Waals surface area (Å²) in [6, 6.07) is 20.0. The van der Waals surface area contributed by atoms with Crippen LogP contribution in [0.15, 0.2) is 78.0 Å². The molecule has 2 aromatic heterocycles. The van der Waals surface area contributed by atoms with Gasteiger partial charge in [-0.05, 0) is 75.2 Å². The molecule has 33 heavy (non-hydrogen) atoms. The van der Waals surface area contributed by atoms with Crippen molar-refractivity contribution >= 4 is 26.6 Å². The van der Waals surface area contributed by atoms with Crippen LogP contribution in [0.5, 0.6) is 0 Å². The van der Waals surface area contributed by atoms with E-state index >= 15 is 0 Å². The first-order chi connectivity index (χ1) is 15.8. The lowest BCUT2D eigenvalue weighted by atomic mass is 10.1. The minimum atomic E-state index is -3.27. The van der Waals surface area contributed by atoms with Crippen LogP contribution in [0.2, 0.25) is 0 Å². The second kappa shape index (κ2) is 9.40. The molecule has 172 valence electrons. The van der Waals surface area contributed by atoms with E-state index < -0.39 is 15.1 Å². The summed E-state index contributed by atoms with van der Waals surface area (Å²) < 4.78 is 26.9. The topological polar surface area (TPSA) is 55.2 Å². The van der Waals surface area contributed by atoms with Crippen LogP contribution in [0.3, 0.4) is 0 Å². The molecule has 0 amide bonds. The first-order valence-electron chi connectivity index (χ1n) is 11.5. The molecule has 0 aliphatic heterocycles. The molecule has 0 saturated heterocycles. The number of rotatable bonds is 8. The molecule has 5 nitrogen and oxygen atoms in total. The van der Waals surface area contributed by atoms with Crippen molar-refractivity contribution in [3.05, 3.63) is 78.6 Å². The molecule has 0 atom stereocenters. The molecular weight excluding hydrogens is 430 g/mol. The Labute approximate surface area is 196 Å². The van der Waals surface area contributed by atoms with Gasteiger partial charge in [0, 0.05) is 48.7 Å². The Morgan fingerprint density at radius 1 is 0.909 bits per heavy atom. The van der Waals surface area contributed by atoms with Gasteiger partial charge >= 0.3 is 0 Å². The van der Waals surface area contributed by atoms with E-state index in [1.807, 2.05) is 18.3 Å². The molecule has 0 fully saturated rings. The maximum absolute atomic E-state index is 12.4. The van der Waals surface area contributed by atoms with E-state index in [1.165, 1.54) is 11.3 Å². The summed E-state index contributed by atoms with van der Waals surface area (Å²) in [6.07, 6.45) is 3.92. The van der Waals surface area contributed by atoms with Gasteiger partial charge in [0.05, 0.1) is 10.1 Å². The van der Waals surface area contributed by atoms with Crippen LogP contribution in [-0.2, 0) is 16.4 Å². The predicted octanol–water partition coefficient (Wildman–Crippen LogP) is 5.78. The highest BCUT2D eigenvalue weighted by atomic mass is 32.2. The zero-order valence-corrected chi connectivity index (χ0v) is 20.5. The summed E-state index contributed by atoms with van der Waals surface area (Å²) in [6.45, 7) is 10.5. The molecule has 0 N–H and O–H groups in total. The van der Waals surface area contributed by atoms with Crippen molar-refractivity contribution in [2.75, 3.05) is 18.0 Å². The molecule has 6 heteroatoms. The molecule has 4 rings (SSSR count). The Hall–Kier alpha value is -3.12. The molecule has 0 bridgehead atoms. The highest BCUT2D eigenvalue weighted by molar-refractivity contribution is 7.92. The minimum Gasteiger partial charge on any atom is -0.372 e. The van der Waals surface area contributed by atoms with E-state index in [-0.39, 0.29) is 0 Å². The van der Waals surface area contributed by atoms with Gasteiger partial charge in [-0.25, -0.2) is 13.4 Å². The molecule has 4 aromatic rings. The molecule has 0 unspecified atom stereocenters. The van der Waals surface area contributed by atoms with E-state index in [0.29, 0.717) is 4.90 Å². The Balaban J connectivity index is 1.55. The van der Waals surface area contributed by atoms with E-state index in [9.17, 15) is 8.42 Å². The number of sulfone groups is 1. The quantitative estimate of drug-likeness (QED) is 0.334. The molecular formula is C27H31N3O2S. The van der Waals surface area contributed by atoms with Crippen molar-refractivity contribution in [3.8, 4) is 11.1 Å². The van der Waals surface area contributed by atoms with Gasteiger partial charge in [0.2, 0.25) is 0 Å². The number of fused-ring (bicyclic) bond motifs is 1. The Bertz CT molecular complexity index is 1330. The summed E-state index contributed by atoms with van der Waals surface area (Å²) in [5.74, 6) is 0. The van der Waals surface area contributed by atoms with Crippen molar-refractivity contribution in [3.63, 3.8) is 0 Å². The van der Waals surface area contributed by atoms with Gasteiger partial charge in [-0.1, -0.05) is 24.3 Å². The Kier molecular flexibility index (Phi) is 6.56. The van der Waals surface area contributed by atoms with Crippen molar-refractivity contribution in [2.24, 2.45) is 0 Å². The minimum absolute atomic E-state index is 0.355. The third-order valence-corrected chi connectivity index (χ3v) is 8.33. The van der Waals surface area contributed by atoms with E-state index in [0.717, 1.165) is 41.8 Å². The van der Waals surface area contributed by atoms with Crippen LogP contribution >= 0.6 is 0 Å². The molecule has 0 aliphatic carbocycles. The van der Waals surface area contributed by atoms with Crippen molar-refractivity contribution in [2.45, 2.75) is 44.4 Å². The van der Waals surface area contributed by atoms with E-state index in [2.05, 4.69) is 65.9 Å². The highest BCUT2D eigenvalue weighted by Gasteiger charge is 2.19. The summed E-state index contributed by atoms with van der Waals surface area (Å²) in [7, 11) is -3.27. The van der Waals surface area contributed by atoms with Crippen molar-refractivity contribution < 1.29 is 8.42 Å². The molecule has 0 spiro atoms. The Morgan fingerprint density at radius 3 is 2.18 bits per heavy atom. The second-order valence-electron chi connectivity index (χ2n) is 8.54. The van der Waals surface area contributed by atoms with Crippen LogP contribution in [0, 0.1) is 0 Å². The zero-order chi connectivity index (χ0) is 23.6. The van der Waals surface area contributed by atoms with Gasteiger partial charge < -0.3 is 9.47 Å². The van der Waals surface area contributed by atoms with Gasteiger partial charge in [-0.3, -0.25) is 0 Å². The molecule has 0 radical (unpaired) electrons. The molecule has 0 saturated carbocycles. The number of aromatic nitrogens is 2. The SMILES string of the molecule is CCN(CC)c1ccc(Cn2ccc3cc(-c4ccc(S(=O)(=O)C(C)C)cc4)cnc32)cc1. The average Bonchev–Trinajstić information content (AvgIpc) is 3.23. The van der Waals surface area contributed by atoms with Crippen LogP contribution < -0.4 is 4.90 Å². The number of benzene rings is 2. The molecule has 0 aliphatic rings. The lowest BCUT2D eigenvalue weighted by Gasteiger charge is -2.21. The average molecular weight is 462 g/mol. The summed E-state index contributed by atoms with van der Waals surface area (Å²) in [5, 5.41) is 0.626. The predicted molar refractivity (Wildman–Crippen MR) is 137 cm³/mol. The van der Waals surface area contributed by atoms with Crippen LogP contribution in [-0.4, -0.2) is 36.3 Å². The fourth-order valence-corrected chi connectivity index (χ4v) is 5.13. The van der Waals surface area contributed by atoms with Gasteiger partial charge in [0.1, 0.15) is 5.65 Å². The van der Waals surface area contributed by atoms with Crippen LogP contribution in [0.4, 0.5) is 5.69 Å². The standard InChI is InChI=1S/C27H31N3O2S/c1-5-29(6-2)25-11-7-21(8-12-25)19-30-16-15-23-17-24(18-28-27(23)30)22-9-13-26(14-10-22)33(31,32)20(3)4/h7-18,20H,5-6,19H2,1-4H3. The van der Waals surface area contributed by atoms with Gasteiger partial charge in [-0.15, -0.1) is 0 Å². The first-order valence-corrected chi connectivity index (χ1v) is 13.0. The highest BCUT2D eigenvalue weighted by Crippen LogP contribution is 2.26. The third-order valence-electron chi connectivity index (χ3n) is 6.16. The van der Waals surface area contributed by atoms with Crippen LogP contribution in [0.1, 0.15) is 33.3 Å². The van der Waals surface area contributed by atoms with Crippen molar-refractivity contribution in [1.82, 2.24) is 9.55 Å². The van der Waals surface area contributed by atoms with Gasteiger partial charge in [-0.2, -0.15) is 0 Å². The maximum Gasteiger partial charge on any atom is 0.180 e. The zero-order valence-electron chi connectivity index (χ0n) is 19.7. The second-order valence-corrected chi connectivity index (χ2v) is 11.0.